The van der Waals surface area contributed by atoms with Crippen LogP contribution in [0.15, 0.2) is 12.2 Å². The highest BCUT2D eigenvalue weighted by atomic mass is 16.5. The molecular weight excluding hydrogens is 128 g/mol. The Morgan fingerprint density at radius 3 is 3.10 bits per heavy atom. The molecule has 0 radical (unpaired) electrons. The number of carbonyl (C=O) groups is 1. The third-order valence-corrected chi connectivity index (χ3v) is 1.65. The van der Waals surface area contributed by atoms with Crippen LogP contribution in [0.2, 0.25) is 0 Å². The van der Waals surface area contributed by atoms with Crippen LogP contribution in [0.3, 0.4) is 0 Å². The highest BCUT2D eigenvalue weighted by Gasteiger charge is 2.17. The summed E-state index contributed by atoms with van der Waals surface area (Å²) in [7, 11) is 0. The molecule has 2 nitrogen and oxygen atoms in total. The number of rotatable bonds is 3. The Kier molecular flexibility index (Phi) is 2.63. The van der Waals surface area contributed by atoms with Crippen LogP contribution in [0.1, 0.15) is 19.3 Å². The van der Waals surface area contributed by atoms with Gasteiger partial charge in [0.15, 0.2) is 0 Å². The molecule has 1 heterocycles. The van der Waals surface area contributed by atoms with Gasteiger partial charge in [0.2, 0.25) is 0 Å². The van der Waals surface area contributed by atoms with Gasteiger partial charge in [-0.1, -0.05) is 6.58 Å². The van der Waals surface area contributed by atoms with Crippen molar-refractivity contribution in [2.45, 2.75) is 25.4 Å². The number of hydrogen-bond donors (Lipinski definition) is 0. The molecular formula is C8H12O2. The van der Waals surface area contributed by atoms with Crippen molar-refractivity contribution < 1.29 is 9.53 Å². The van der Waals surface area contributed by atoms with Crippen molar-refractivity contribution in [2.75, 3.05) is 6.61 Å². The number of hydrogen-bond acceptors (Lipinski definition) is 2. The van der Waals surface area contributed by atoms with Crippen LogP contribution < -0.4 is 0 Å². The molecule has 1 aliphatic heterocycles. The molecule has 0 aromatic heterocycles. The highest BCUT2D eigenvalue weighted by molar-refractivity contribution is 5.49. The predicted octanol–water partition coefficient (Wildman–Crippen LogP) is 1.31. The Morgan fingerprint density at radius 1 is 1.80 bits per heavy atom. The van der Waals surface area contributed by atoms with Gasteiger partial charge in [-0.05, 0) is 18.4 Å². The van der Waals surface area contributed by atoms with Gasteiger partial charge in [-0.2, -0.15) is 0 Å². The SMILES string of the molecule is C=C1COC(CCC=O)C1. The summed E-state index contributed by atoms with van der Waals surface area (Å²) in [5.41, 5.74) is 1.15. The van der Waals surface area contributed by atoms with E-state index in [-0.39, 0.29) is 6.10 Å². The molecule has 0 bridgehead atoms. The van der Waals surface area contributed by atoms with Crippen LogP contribution in [0.5, 0.6) is 0 Å². The largest absolute Gasteiger partial charge is 0.374 e. The topological polar surface area (TPSA) is 26.3 Å². The van der Waals surface area contributed by atoms with Crippen molar-refractivity contribution in [3.05, 3.63) is 12.2 Å². The van der Waals surface area contributed by atoms with E-state index in [0.29, 0.717) is 13.0 Å². The van der Waals surface area contributed by atoms with Gasteiger partial charge in [0.25, 0.3) is 0 Å². The van der Waals surface area contributed by atoms with E-state index >= 15 is 0 Å². The monoisotopic (exact) mass is 140 g/mol. The third kappa shape index (κ3) is 1.95. The van der Waals surface area contributed by atoms with E-state index in [1.165, 1.54) is 0 Å². The van der Waals surface area contributed by atoms with Crippen LogP contribution in [-0.2, 0) is 9.53 Å². The summed E-state index contributed by atoms with van der Waals surface area (Å²) in [6, 6.07) is 0. The standard InChI is InChI=1S/C8H12O2/c1-7-5-8(10-6-7)3-2-4-9/h4,8H,1-3,5-6H2. The molecule has 0 amide bonds. The summed E-state index contributed by atoms with van der Waals surface area (Å²) < 4.78 is 5.31. The van der Waals surface area contributed by atoms with Crippen LogP contribution >= 0.6 is 0 Å². The second-order valence-electron chi connectivity index (χ2n) is 2.63. The first-order valence-corrected chi connectivity index (χ1v) is 3.55. The first kappa shape index (κ1) is 7.48. The third-order valence-electron chi connectivity index (χ3n) is 1.65. The highest BCUT2D eigenvalue weighted by Crippen LogP contribution is 2.19. The van der Waals surface area contributed by atoms with Gasteiger partial charge in [0.05, 0.1) is 12.7 Å². The van der Waals surface area contributed by atoms with Gasteiger partial charge < -0.3 is 9.53 Å². The minimum absolute atomic E-state index is 0.262. The molecule has 2 heteroatoms. The lowest BCUT2D eigenvalue weighted by Crippen LogP contribution is -2.03. The van der Waals surface area contributed by atoms with Gasteiger partial charge >= 0.3 is 0 Å². The molecule has 1 saturated heterocycles. The lowest BCUT2D eigenvalue weighted by molar-refractivity contribution is -0.108. The lowest BCUT2D eigenvalue weighted by Gasteiger charge is -2.03. The second kappa shape index (κ2) is 3.52. The molecule has 1 aliphatic rings. The summed E-state index contributed by atoms with van der Waals surface area (Å²) in [5.74, 6) is 0. The van der Waals surface area contributed by atoms with Crippen molar-refractivity contribution in [2.24, 2.45) is 0 Å². The normalized spacial score (nSPS) is 25.2. The maximum absolute atomic E-state index is 9.97. The average molecular weight is 140 g/mol. The number of ether oxygens (including phenoxy) is 1. The molecule has 0 spiro atoms. The van der Waals surface area contributed by atoms with Crippen molar-refractivity contribution in [3.8, 4) is 0 Å². The Hall–Kier alpha value is -0.630. The number of carbonyl (C=O) groups excluding carboxylic acids is 1. The Bertz CT molecular complexity index is 140. The van der Waals surface area contributed by atoms with E-state index in [2.05, 4.69) is 6.58 Å². The van der Waals surface area contributed by atoms with E-state index in [1.54, 1.807) is 0 Å². The number of aldehydes is 1. The molecule has 1 fully saturated rings. The summed E-state index contributed by atoms with van der Waals surface area (Å²) in [6.07, 6.45) is 3.59. The van der Waals surface area contributed by atoms with Crippen LogP contribution in [0, 0.1) is 0 Å². The van der Waals surface area contributed by atoms with Gasteiger partial charge in [0, 0.05) is 6.42 Å². The van der Waals surface area contributed by atoms with Gasteiger partial charge in [-0.15, -0.1) is 0 Å². The quantitative estimate of drug-likeness (QED) is 0.436. The van der Waals surface area contributed by atoms with E-state index in [4.69, 9.17) is 4.74 Å². The van der Waals surface area contributed by atoms with Crippen LogP contribution in [-0.4, -0.2) is 19.0 Å². The van der Waals surface area contributed by atoms with Crippen molar-refractivity contribution >= 4 is 6.29 Å². The minimum Gasteiger partial charge on any atom is -0.374 e. The molecule has 1 rings (SSSR count). The minimum atomic E-state index is 0.262. The van der Waals surface area contributed by atoms with Gasteiger partial charge in [0.1, 0.15) is 6.29 Å². The molecule has 0 N–H and O–H groups in total. The molecule has 0 aromatic rings. The van der Waals surface area contributed by atoms with Crippen LogP contribution in [0.25, 0.3) is 0 Å². The van der Waals surface area contributed by atoms with E-state index < -0.39 is 0 Å². The Morgan fingerprint density at radius 2 is 2.60 bits per heavy atom. The first-order valence-electron chi connectivity index (χ1n) is 3.55. The van der Waals surface area contributed by atoms with Crippen LogP contribution in [0.4, 0.5) is 0 Å². The van der Waals surface area contributed by atoms with Gasteiger partial charge in [-0.3, -0.25) is 0 Å². The van der Waals surface area contributed by atoms with Crippen molar-refractivity contribution in [1.29, 1.82) is 0 Å². The maximum atomic E-state index is 9.97. The van der Waals surface area contributed by atoms with E-state index in [0.717, 1.165) is 24.7 Å². The maximum Gasteiger partial charge on any atom is 0.120 e. The van der Waals surface area contributed by atoms with Crippen molar-refractivity contribution in [3.63, 3.8) is 0 Å². The Balaban J connectivity index is 2.18. The molecule has 56 valence electrons. The summed E-state index contributed by atoms with van der Waals surface area (Å²) >= 11 is 0. The fourth-order valence-corrected chi connectivity index (χ4v) is 1.11. The molecule has 0 aliphatic carbocycles. The van der Waals surface area contributed by atoms with E-state index in [1.807, 2.05) is 0 Å². The predicted molar refractivity (Wildman–Crippen MR) is 38.8 cm³/mol. The zero-order chi connectivity index (χ0) is 7.40. The summed E-state index contributed by atoms with van der Waals surface area (Å²) in [4.78, 5) is 9.97. The molecule has 1 unspecified atom stereocenters. The zero-order valence-electron chi connectivity index (χ0n) is 6.01. The summed E-state index contributed by atoms with van der Waals surface area (Å²) in [6.45, 7) is 4.48. The lowest BCUT2D eigenvalue weighted by atomic mass is 10.1. The molecule has 0 aromatic carbocycles. The average Bonchev–Trinajstić information content (AvgIpc) is 2.31. The van der Waals surface area contributed by atoms with Gasteiger partial charge in [-0.25, -0.2) is 0 Å². The first-order chi connectivity index (χ1) is 4.83. The molecule has 0 saturated carbocycles. The second-order valence-corrected chi connectivity index (χ2v) is 2.63. The van der Waals surface area contributed by atoms with Crippen molar-refractivity contribution in [1.82, 2.24) is 0 Å². The Labute approximate surface area is 60.9 Å². The fraction of sp³-hybridized carbons (Fsp3) is 0.625. The summed E-state index contributed by atoms with van der Waals surface area (Å²) in [5, 5.41) is 0. The molecule has 1 atom stereocenters. The van der Waals surface area contributed by atoms with E-state index in [9.17, 15) is 4.79 Å². The smallest absolute Gasteiger partial charge is 0.120 e. The zero-order valence-corrected chi connectivity index (χ0v) is 6.01. The fourth-order valence-electron chi connectivity index (χ4n) is 1.11. The molecule has 10 heavy (non-hydrogen) atoms.